The molecule has 0 radical (unpaired) electrons. The maximum atomic E-state index is 3.27. The van der Waals surface area contributed by atoms with Crippen molar-refractivity contribution in [1.82, 2.24) is 5.43 Å². The fourth-order valence-electron chi connectivity index (χ4n) is 2.03. The SMILES string of the molecule is C1=CNN(c2ccccc2)C(c2ccccc2)=C1. The number of benzene rings is 2. The summed E-state index contributed by atoms with van der Waals surface area (Å²) in [7, 11) is 0. The highest BCUT2D eigenvalue weighted by atomic mass is 15.5. The quantitative estimate of drug-likeness (QED) is 0.854. The van der Waals surface area contributed by atoms with E-state index in [2.05, 4.69) is 52.9 Å². The van der Waals surface area contributed by atoms with Gasteiger partial charge in [-0.1, -0.05) is 48.5 Å². The first-order valence-corrected chi connectivity index (χ1v) is 5.99. The Bertz CT molecular complexity index is 571. The lowest BCUT2D eigenvalue weighted by Crippen LogP contribution is -2.34. The highest BCUT2D eigenvalue weighted by molar-refractivity contribution is 5.80. The van der Waals surface area contributed by atoms with Crippen LogP contribution in [-0.2, 0) is 0 Å². The molecular formula is C16H14N2. The molecule has 2 nitrogen and oxygen atoms in total. The molecule has 0 bridgehead atoms. The van der Waals surface area contributed by atoms with E-state index in [9.17, 15) is 0 Å². The topological polar surface area (TPSA) is 15.3 Å². The smallest absolute Gasteiger partial charge is 0.0703 e. The summed E-state index contributed by atoms with van der Waals surface area (Å²) in [5.41, 5.74) is 6.73. The summed E-state index contributed by atoms with van der Waals surface area (Å²) in [5.74, 6) is 0. The lowest BCUT2D eigenvalue weighted by atomic mass is 10.1. The Morgan fingerprint density at radius 3 is 2.17 bits per heavy atom. The normalized spacial score (nSPS) is 14.0. The monoisotopic (exact) mass is 234 g/mol. The summed E-state index contributed by atoms with van der Waals surface area (Å²) in [6, 6.07) is 20.6. The van der Waals surface area contributed by atoms with Crippen LogP contribution in [-0.4, -0.2) is 0 Å². The van der Waals surface area contributed by atoms with Crippen LogP contribution in [0.1, 0.15) is 5.56 Å². The summed E-state index contributed by atoms with van der Waals surface area (Å²) < 4.78 is 0. The average Bonchev–Trinajstić information content (AvgIpc) is 2.49. The van der Waals surface area contributed by atoms with Crippen LogP contribution in [0.2, 0.25) is 0 Å². The summed E-state index contributed by atoms with van der Waals surface area (Å²) >= 11 is 0. The maximum absolute atomic E-state index is 3.27. The van der Waals surface area contributed by atoms with Gasteiger partial charge in [0.1, 0.15) is 0 Å². The number of hydrazine groups is 1. The molecule has 0 aromatic heterocycles. The predicted molar refractivity (Wildman–Crippen MR) is 75.6 cm³/mol. The molecule has 0 saturated carbocycles. The number of rotatable bonds is 2. The second kappa shape index (κ2) is 4.80. The first-order chi connectivity index (χ1) is 8.95. The zero-order chi connectivity index (χ0) is 12.2. The van der Waals surface area contributed by atoms with Gasteiger partial charge in [-0.2, -0.15) is 0 Å². The number of nitrogens with zero attached hydrogens (tertiary/aromatic N) is 1. The summed E-state index contributed by atoms with van der Waals surface area (Å²) in [4.78, 5) is 0. The van der Waals surface area contributed by atoms with Crippen LogP contribution in [0.25, 0.3) is 5.70 Å². The van der Waals surface area contributed by atoms with Crippen LogP contribution in [0.4, 0.5) is 5.69 Å². The van der Waals surface area contributed by atoms with Crippen molar-refractivity contribution in [2.24, 2.45) is 0 Å². The van der Waals surface area contributed by atoms with E-state index in [1.165, 1.54) is 5.56 Å². The van der Waals surface area contributed by atoms with Gasteiger partial charge in [-0.05, 0) is 24.3 Å². The van der Waals surface area contributed by atoms with Gasteiger partial charge in [0.25, 0.3) is 0 Å². The molecule has 0 atom stereocenters. The fourth-order valence-corrected chi connectivity index (χ4v) is 2.03. The highest BCUT2D eigenvalue weighted by Crippen LogP contribution is 2.25. The van der Waals surface area contributed by atoms with Crippen LogP contribution < -0.4 is 10.4 Å². The third-order valence-electron chi connectivity index (χ3n) is 2.88. The standard InChI is InChI=1S/C16H14N2/c1-3-8-14(9-4-1)16-12-7-13-17-18(16)15-10-5-2-6-11-15/h1-13,17H. The van der Waals surface area contributed by atoms with Crippen molar-refractivity contribution < 1.29 is 0 Å². The van der Waals surface area contributed by atoms with E-state index in [4.69, 9.17) is 0 Å². The first-order valence-electron chi connectivity index (χ1n) is 5.99. The molecule has 2 aromatic carbocycles. The lowest BCUT2D eigenvalue weighted by molar-refractivity contribution is 0.884. The average molecular weight is 234 g/mol. The molecule has 0 fully saturated rings. The largest absolute Gasteiger partial charge is 0.301 e. The molecule has 0 unspecified atom stereocenters. The molecule has 0 amide bonds. The minimum Gasteiger partial charge on any atom is -0.301 e. The van der Waals surface area contributed by atoms with Crippen LogP contribution >= 0.6 is 0 Å². The van der Waals surface area contributed by atoms with Crippen LogP contribution in [0.5, 0.6) is 0 Å². The molecule has 0 saturated heterocycles. The Labute approximate surface area is 107 Å². The number of hydrogen-bond donors (Lipinski definition) is 1. The van der Waals surface area contributed by atoms with Crippen LogP contribution in [0, 0.1) is 0 Å². The van der Waals surface area contributed by atoms with Crippen molar-refractivity contribution >= 4 is 11.4 Å². The zero-order valence-electron chi connectivity index (χ0n) is 9.95. The van der Waals surface area contributed by atoms with Crippen molar-refractivity contribution in [3.63, 3.8) is 0 Å². The van der Waals surface area contributed by atoms with Gasteiger partial charge >= 0.3 is 0 Å². The van der Waals surface area contributed by atoms with E-state index in [0.717, 1.165) is 11.4 Å². The molecule has 1 heterocycles. The second-order valence-electron chi connectivity index (χ2n) is 4.08. The van der Waals surface area contributed by atoms with Gasteiger partial charge in [-0.3, -0.25) is 5.01 Å². The highest BCUT2D eigenvalue weighted by Gasteiger charge is 2.13. The predicted octanol–water partition coefficient (Wildman–Crippen LogP) is 3.57. The molecule has 2 heteroatoms. The number of hydrogen-bond acceptors (Lipinski definition) is 2. The molecule has 3 rings (SSSR count). The molecule has 18 heavy (non-hydrogen) atoms. The van der Waals surface area contributed by atoms with Crippen molar-refractivity contribution in [3.05, 3.63) is 84.6 Å². The molecule has 1 aliphatic heterocycles. The maximum Gasteiger partial charge on any atom is 0.0703 e. The molecule has 1 aliphatic rings. The van der Waals surface area contributed by atoms with Gasteiger partial charge in [-0.25, -0.2) is 0 Å². The Balaban J connectivity index is 2.01. The Hall–Kier alpha value is -2.48. The molecular weight excluding hydrogens is 220 g/mol. The fraction of sp³-hybridized carbons (Fsp3) is 0. The molecule has 1 N–H and O–H groups in total. The van der Waals surface area contributed by atoms with E-state index in [0.29, 0.717) is 0 Å². The Morgan fingerprint density at radius 2 is 1.44 bits per heavy atom. The zero-order valence-corrected chi connectivity index (χ0v) is 9.95. The van der Waals surface area contributed by atoms with Gasteiger partial charge < -0.3 is 5.43 Å². The number of anilines is 1. The van der Waals surface area contributed by atoms with Crippen LogP contribution in [0.3, 0.4) is 0 Å². The van der Waals surface area contributed by atoms with Gasteiger partial charge in [0.2, 0.25) is 0 Å². The summed E-state index contributed by atoms with van der Waals surface area (Å²) in [6.07, 6.45) is 6.06. The Morgan fingerprint density at radius 1 is 0.778 bits per heavy atom. The van der Waals surface area contributed by atoms with E-state index >= 15 is 0 Å². The molecule has 0 spiro atoms. The second-order valence-corrected chi connectivity index (χ2v) is 4.08. The minimum absolute atomic E-state index is 1.12. The van der Waals surface area contributed by atoms with Gasteiger partial charge in [0.15, 0.2) is 0 Å². The lowest BCUT2D eigenvalue weighted by Gasteiger charge is -2.29. The van der Waals surface area contributed by atoms with Crippen LogP contribution in [0.15, 0.2) is 79.0 Å². The van der Waals surface area contributed by atoms with E-state index in [1.54, 1.807) is 0 Å². The van der Waals surface area contributed by atoms with Crippen molar-refractivity contribution in [2.45, 2.75) is 0 Å². The van der Waals surface area contributed by atoms with E-state index in [1.807, 2.05) is 36.5 Å². The van der Waals surface area contributed by atoms with E-state index in [-0.39, 0.29) is 0 Å². The molecule has 88 valence electrons. The third kappa shape index (κ3) is 2.00. The molecule has 2 aromatic rings. The van der Waals surface area contributed by atoms with Crippen molar-refractivity contribution in [2.75, 3.05) is 5.01 Å². The number of para-hydroxylation sites is 1. The summed E-state index contributed by atoms with van der Waals surface area (Å²) in [6.45, 7) is 0. The number of allylic oxidation sites excluding steroid dienone is 2. The Kier molecular flexibility index (Phi) is 2.84. The minimum atomic E-state index is 1.12. The van der Waals surface area contributed by atoms with Gasteiger partial charge in [0, 0.05) is 11.8 Å². The first kappa shape index (κ1) is 10.7. The van der Waals surface area contributed by atoms with Gasteiger partial charge in [0.05, 0.1) is 11.4 Å². The molecule has 0 aliphatic carbocycles. The number of nitrogens with one attached hydrogen (secondary N) is 1. The van der Waals surface area contributed by atoms with E-state index < -0.39 is 0 Å². The summed E-state index contributed by atoms with van der Waals surface area (Å²) in [5, 5.41) is 2.08. The van der Waals surface area contributed by atoms with Gasteiger partial charge in [-0.15, -0.1) is 0 Å². The van der Waals surface area contributed by atoms with Crippen molar-refractivity contribution in [3.8, 4) is 0 Å². The van der Waals surface area contributed by atoms with Crippen molar-refractivity contribution in [1.29, 1.82) is 0 Å². The third-order valence-corrected chi connectivity index (χ3v) is 2.88.